The van der Waals surface area contributed by atoms with E-state index in [1.807, 2.05) is 43.5 Å². The number of nitrogens with zero attached hydrogens (tertiary/aromatic N) is 1. The number of methoxy groups -OCH3 is 1. The highest BCUT2D eigenvalue weighted by Gasteiger charge is 2.26. The second kappa shape index (κ2) is 8.52. The Labute approximate surface area is 168 Å². The van der Waals surface area contributed by atoms with Gasteiger partial charge in [0, 0.05) is 17.4 Å². The lowest BCUT2D eigenvalue weighted by Crippen LogP contribution is -2.42. The third-order valence-corrected chi connectivity index (χ3v) is 5.34. The molecule has 6 heteroatoms. The van der Waals surface area contributed by atoms with Crippen molar-refractivity contribution in [2.24, 2.45) is 0 Å². The number of ether oxygens (including phenoxy) is 1. The van der Waals surface area contributed by atoms with Crippen LogP contribution in [-0.4, -0.2) is 18.0 Å². The maximum atomic E-state index is 13.0. The summed E-state index contributed by atoms with van der Waals surface area (Å²) in [4.78, 5) is 17.1. The lowest BCUT2D eigenvalue weighted by Gasteiger charge is -2.28. The topological polar surface area (TPSA) is 51.2 Å². The Morgan fingerprint density at radius 3 is 2.61 bits per heavy atom. The molecule has 0 unspecified atom stereocenters. The fraction of sp³-hybridized carbons (Fsp3) is 0.273. The standard InChI is InChI=1S/C22H23FN2O2S/c1-22(2,18-6-4-5-7-19(18)27-3)25-20(26)13-17-14-28-21(24-17)12-15-8-10-16(23)11-9-15/h4-11,14H,12-13H2,1-3H3,(H,25,26). The highest BCUT2D eigenvalue weighted by molar-refractivity contribution is 7.09. The molecule has 3 aromatic rings. The fourth-order valence-electron chi connectivity index (χ4n) is 3.07. The van der Waals surface area contributed by atoms with Gasteiger partial charge in [-0.15, -0.1) is 11.3 Å². The molecule has 1 N–H and O–H groups in total. The molecule has 0 spiro atoms. The number of carbonyl (C=O) groups is 1. The van der Waals surface area contributed by atoms with Crippen molar-refractivity contribution in [3.63, 3.8) is 0 Å². The Kier molecular flexibility index (Phi) is 6.09. The molecule has 0 aliphatic carbocycles. The average Bonchev–Trinajstić information content (AvgIpc) is 3.09. The van der Waals surface area contributed by atoms with E-state index < -0.39 is 5.54 Å². The van der Waals surface area contributed by atoms with Crippen molar-refractivity contribution in [1.82, 2.24) is 10.3 Å². The van der Waals surface area contributed by atoms with Crippen LogP contribution in [0.1, 0.15) is 35.7 Å². The first-order chi connectivity index (χ1) is 13.4. The SMILES string of the molecule is COc1ccccc1C(C)(C)NC(=O)Cc1csc(Cc2ccc(F)cc2)n1. The van der Waals surface area contributed by atoms with Crippen molar-refractivity contribution >= 4 is 17.2 Å². The van der Waals surface area contributed by atoms with Crippen molar-refractivity contribution in [3.05, 3.63) is 81.6 Å². The van der Waals surface area contributed by atoms with Gasteiger partial charge >= 0.3 is 0 Å². The molecule has 0 saturated heterocycles. The van der Waals surface area contributed by atoms with E-state index in [9.17, 15) is 9.18 Å². The van der Waals surface area contributed by atoms with Crippen molar-refractivity contribution in [2.75, 3.05) is 7.11 Å². The molecule has 0 radical (unpaired) electrons. The lowest BCUT2D eigenvalue weighted by atomic mass is 9.93. The Hall–Kier alpha value is -2.73. The summed E-state index contributed by atoms with van der Waals surface area (Å²) in [6.45, 7) is 3.90. The first-order valence-corrected chi connectivity index (χ1v) is 9.87. The van der Waals surface area contributed by atoms with E-state index in [4.69, 9.17) is 4.74 Å². The maximum Gasteiger partial charge on any atom is 0.226 e. The van der Waals surface area contributed by atoms with Gasteiger partial charge in [0.1, 0.15) is 11.6 Å². The molecule has 28 heavy (non-hydrogen) atoms. The van der Waals surface area contributed by atoms with Crippen molar-refractivity contribution in [2.45, 2.75) is 32.2 Å². The van der Waals surface area contributed by atoms with Gasteiger partial charge in [0.2, 0.25) is 5.91 Å². The summed E-state index contributed by atoms with van der Waals surface area (Å²) in [5.41, 5.74) is 2.07. The number of benzene rings is 2. The molecule has 4 nitrogen and oxygen atoms in total. The number of hydrogen-bond acceptors (Lipinski definition) is 4. The number of carbonyl (C=O) groups excluding carboxylic acids is 1. The minimum Gasteiger partial charge on any atom is -0.496 e. The van der Waals surface area contributed by atoms with Crippen molar-refractivity contribution in [3.8, 4) is 5.75 Å². The first-order valence-electron chi connectivity index (χ1n) is 8.99. The van der Waals surface area contributed by atoms with Crippen LogP contribution < -0.4 is 10.1 Å². The maximum absolute atomic E-state index is 13.0. The highest BCUT2D eigenvalue weighted by atomic mass is 32.1. The first kappa shape index (κ1) is 20.0. The average molecular weight is 399 g/mol. The fourth-order valence-corrected chi connectivity index (χ4v) is 3.90. The summed E-state index contributed by atoms with van der Waals surface area (Å²) in [5, 5.41) is 5.86. The van der Waals surface area contributed by atoms with Crippen LogP contribution >= 0.6 is 11.3 Å². The minimum atomic E-state index is -0.573. The summed E-state index contributed by atoms with van der Waals surface area (Å²) in [5.74, 6) is 0.385. The normalized spacial score (nSPS) is 11.3. The molecule has 1 amide bonds. The van der Waals surface area contributed by atoms with Gasteiger partial charge in [-0.1, -0.05) is 30.3 Å². The number of aromatic nitrogens is 1. The molecule has 0 bridgehead atoms. The van der Waals surface area contributed by atoms with E-state index in [2.05, 4.69) is 10.3 Å². The number of halogens is 1. The Balaban J connectivity index is 1.63. The number of para-hydroxylation sites is 1. The molecular weight excluding hydrogens is 375 g/mol. The zero-order chi connectivity index (χ0) is 20.1. The summed E-state index contributed by atoms with van der Waals surface area (Å²) < 4.78 is 18.4. The van der Waals surface area contributed by atoms with Gasteiger partial charge in [0.05, 0.1) is 29.8 Å². The zero-order valence-corrected chi connectivity index (χ0v) is 17.0. The smallest absolute Gasteiger partial charge is 0.226 e. The second-order valence-electron chi connectivity index (χ2n) is 7.09. The molecule has 0 aliphatic heterocycles. The quantitative estimate of drug-likeness (QED) is 0.639. The predicted octanol–water partition coefficient (Wildman–Crippen LogP) is 4.48. The van der Waals surface area contributed by atoms with E-state index in [0.29, 0.717) is 6.42 Å². The summed E-state index contributed by atoms with van der Waals surface area (Å²) in [7, 11) is 1.62. The number of hydrogen-bond donors (Lipinski definition) is 1. The third kappa shape index (κ3) is 4.95. The zero-order valence-electron chi connectivity index (χ0n) is 16.2. The largest absolute Gasteiger partial charge is 0.496 e. The molecule has 3 rings (SSSR count). The van der Waals surface area contributed by atoms with Gasteiger partial charge in [-0.2, -0.15) is 0 Å². The molecule has 2 aromatic carbocycles. The summed E-state index contributed by atoms with van der Waals surface area (Å²) >= 11 is 1.51. The van der Waals surface area contributed by atoms with Gasteiger partial charge < -0.3 is 10.1 Å². The minimum absolute atomic E-state index is 0.102. The summed E-state index contributed by atoms with van der Waals surface area (Å²) in [6, 6.07) is 14.0. The van der Waals surface area contributed by atoms with Crippen molar-refractivity contribution < 1.29 is 13.9 Å². The van der Waals surface area contributed by atoms with Crippen LogP contribution in [0.25, 0.3) is 0 Å². The highest BCUT2D eigenvalue weighted by Crippen LogP contribution is 2.29. The predicted molar refractivity (Wildman–Crippen MR) is 109 cm³/mol. The van der Waals surface area contributed by atoms with Crippen LogP contribution in [0.5, 0.6) is 5.75 Å². The van der Waals surface area contributed by atoms with E-state index in [-0.39, 0.29) is 18.1 Å². The number of nitrogens with one attached hydrogen (secondary N) is 1. The Morgan fingerprint density at radius 1 is 1.18 bits per heavy atom. The lowest BCUT2D eigenvalue weighted by molar-refractivity contribution is -0.122. The van der Waals surface area contributed by atoms with E-state index >= 15 is 0 Å². The molecule has 0 aliphatic rings. The van der Waals surface area contributed by atoms with Crippen LogP contribution in [0.4, 0.5) is 4.39 Å². The second-order valence-corrected chi connectivity index (χ2v) is 8.03. The number of rotatable bonds is 7. The number of amides is 1. The van der Waals surface area contributed by atoms with Gasteiger partial charge in [0.15, 0.2) is 0 Å². The molecular formula is C22H23FN2O2S. The van der Waals surface area contributed by atoms with E-state index in [1.54, 1.807) is 19.2 Å². The van der Waals surface area contributed by atoms with Crippen LogP contribution in [0.3, 0.4) is 0 Å². The van der Waals surface area contributed by atoms with Gasteiger partial charge in [-0.3, -0.25) is 4.79 Å². The number of thiazole rings is 1. The van der Waals surface area contributed by atoms with Crippen LogP contribution in [0.15, 0.2) is 53.9 Å². The molecule has 1 aromatic heterocycles. The van der Waals surface area contributed by atoms with E-state index in [1.165, 1.54) is 23.5 Å². The van der Waals surface area contributed by atoms with E-state index in [0.717, 1.165) is 27.6 Å². The van der Waals surface area contributed by atoms with Crippen molar-refractivity contribution in [1.29, 1.82) is 0 Å². The summed E-state index contributed by atoms with van der Waals surface area (Å²) in [6.07, 6.45) is 0.831. The Bertz CT molecular complexity index is 951. The molecule has 146 valence electrons. The molecule has 0 atom stereocenters. The monoisotopic (exact) mass is 398 g/mol. The molecule has 0 fully saturated rings. The van der Waals surface area contributed by atoms with Gasteiger partial charge in [-0.05, 0) is 37.6 Å². The third-order valence-electron chi connectivity index (χ3n) is 4.44. The molecule has 0 saturated carbocycles. The van der Waals surface area contributed by atoms with Crippen LogP contribution in [0.2, 0.25) is 0 Å². The van der Waals surface area contributed by atoms with Crippen LogP contribution in [0, 0.1) is 5.82 Å². The van der Waals surface area contributed by atoms with Gasteiger partial charge in [0.25, 0.3) is 0 Å². The molecule has 1 heterocycles. The van der Waals surface area contributed by atoms with Gasteiger partial charge in [-0.25, -0.2) is 9.37 Å². The van der Waals surface area contributed by atoms with Crippen LogP contribution in [-0.2, 0) is 23.2 Å². The Morgan fingerprint density at radius 2 is 1.89 bits per heavy atom.